The first-order chi connectivity index (χ1) is 13.0. The van der Waals surface area contributed by atoms with Crippen LogP contribution in [0.25, 0.3) is 0 Å². The number of anilines is 1. The number of hydrogen-bond acceptors (Lipinski definition) is 6. The molecule has 2 aliphatic rings. The van der Waals surface area contributed by atoms with E-state index in [-0.39, 0.29) is 17.9 Å². The third-order valence-corrected chi connectivity index (χ3v) is 5.16. The number of nitrogens with two attached hydrogens (primary N) is 1. The van der Waals surface area contributed by atoms with Gasteiger partial charge in [-0.3, -0.25) is 9.59 Å². The molecule has 0 unspecified atom stereocenters. The Labute approximate surface area is 159 Å². The number of amides is 2. The molecule has 0 radical (unpaired) electrons. The molecule has 8 heteroatoms. The first-order valence-corrected chi connectivity index (χ1v) is 9.34. The number of carbonyl (C=O) groups is 2. The number of methoxy groups -OCH3 is 1. The summed E-state index contributed by atoms with van der Waals surface area (Å²) in [5.74, 6) is 0.224. The van der Waals surface area contributed by atoms with E-state index in [0.29, 0.717) is 43.1 Å². The minimum absolute atomic E-state index is 0.0402. The van der Waals surface area contributed by atoms with Gasteiger partial charge < -0.3 is 30.3 Å². The lowest BCUT2D eigenvalue weighted by atomic mass is 10.1. The number of benzene rings is 1. The number of piperazine rings is 1. The van der Waals surface area contributed by atoms with Crippen LogP contribution in [0.2, 0.25) is 0 Å². The third kappa shape index (κ3) is 4.58. The zero-order valence-electron chi connectivity index (χ0n) is 15.9. The maximum atomic E-state index is 12.8. The number of carbonyl (C=O) groups excluding carboxylic acids is 2. The third-order valence-electron chi connectivity index (χ3n) is 5.16. The molecule has 0 aromatic heterocycles. The monoisotopic (exact) mass is 376 g/mol. The SMILES string of the molecule is COc1ccc(C(=O)N2CCN(C)CC2)cc1NC(=O)[C@@H]1CC[C@H](CN)O1. The first-order valence-electron chi connectivity index (χ1n) is 9.34. The maximum Gasteiger partial charge on any atom is 0.254 e. The molecule has 2 saturated heterocycles. The largest absolute Gasteiger partial charge is 0.495 e. The van der Waals surface area contributed by atoms with E-state index >= 15 is 0 Å². The van der Waals surface area contributed by atoms with Crippen molar-refractivity contribution in [1.29, 1.82) is 0 Å². The van der Waals surface area contributed by atoms with Crippen molar-refractivity contribution in [3.8, 4) is 5.75 Å². The average molecular weight is 376 g/mol. The van der Waals surface area contributed by atoms with Crippen molar-refractivity contribution >= 4 is 17.5 Å². The van der Waals surface area contributed by atoms with E-state index in [1.165, 1.54) is 7.11 Å². The predicted molar refractivity (Wildman–Crippen MR) is 102 cm³/mol. The molecule has 2 aliphatic heterocycles. The van der Waals surface area contributed by atoms with Gasteiger partial charge in [0.1, 0.15) is 11.9 Å². The molecule has 148 valence electrons. The van der Waals surface area contributed by atoms with Gasteiger partial charge in [0.2, 0.25) is 0 Å². The normalized spacial score (nSPS) is 23.3. The molecule has 3 N–H and O–H groups in total. The van der Waals surface area contributed by atoms with Gasteiger partial charge in [0.25, 0.3) is 11.8 Å². The van der Waals surface area contributed by atoms with Crippen LogP contribution in [-0.4, -0.2) is 80.7 Å². The lowest BCUT2D eigenvalue weighted by Crippen LogP contribution is -2.47. The Balaban J connectivity index is 1.71. The van der Waals surface area contributed by atoms with E-state index in [1.807, 2.05) is 11.9 Å². The molecular formula is C19H28N4O4. The van der Waals surface area contributed by atoms with Crippen molar-refractivity contribution < 1.29 is 19.1 Å². The van der Waals surface area contributed by atoms with Crippen LogP contribution in [0.4, 0.5) is 5.69 Å². The quantitative estimate of drug-likeness (QED) is 0.778. The molecule has 0 bridgehead atoms. The predicted octanol–water partition coefficient (Wildman–Crippen LogP) is 0.528. The fourth-order valence-electron chi connectivity index (χ4n) is 3.42. The molecule has 2 amide bonds. The smallest absolute Gasteiger partial charge is 0.254 e. The van der Waals surface area contributed by atoms with Crippen LogP contribution in [0, 0.1) is 0 Å². The number of nitrogens with zero attached hydrogens (tertiary/aromatic N) is 2. The highest BCUT2D eigenvalue weighted by molar-refractivity contribution is 5.99. The summed E-state index contributed by atoms with van der Waals surface area (Å²) in [6.45, 7) is 3.50. The first kappa shape index (κ1) is 19.6. The van der Waals surface area contributed by atoms with Gasteiger partial charge in [-0.05, 0) is 38.1 Å². The van der Waals surface area contributed by atoms with Gasteiger partial charge >= 0.3 is 0 Å². The average Bonchev–Trinajstić information content (AvgIpc) is 3.17. The van der Waals surface area contributed by atoms with Crippen LogP contribution in [0.1, 0.15) is 23.2 Å². The summed E-state index contributed by atoms with van der Waals surface area (Å²) < 4.78 is 11.0. The molecule has 27 heavy (non-hydrogen) atoms. The van der Waals surface area contributed by atoms with Gasteiger partial charge in [-0.25, -0.2) is 0 Å². The van der Waals surface area contributed by atoms with Crippen LogP contribution < -0.4 is 15.8 Å². The molecule has 8 nitrogen and oxygen atoms in total. The number of ether oxygens (including phenoxy) is 2. The molecule has 0 aliphatic carbocycles. The van der Waals surface area contributed by atoms with Gasteiger partial charge in [0.15, 0.2) is 0 Å². The van der Waals surface area contributed by atoms with E-state index < -0.39 is 6.10 Å². The highest BCUT2D eigenvalue weighted by atomic mass is 16.5. The molecule has 1 aromatic carbocycles. The van der Waals surface area contributed by atoms with Crippen LogP contribution >= 0.6 is 0 Å². The Kier molecular flexibility index (Phi) is 6.30. The summed E-state index contributed by atoms with van der Waals surface area (Å²) >= 11 is 0. The highest BCUT2D eigenvalue weighted by Gasteiger charge is 2.30. The zero-order valence-corrected chi connectivity index (χ0v) is 15.9. The van der Waals surface area contributed by atoms with Crippen LogP contribution in [0.3, 0.4) is 0 Å². The van der Waals surface area contributed by atoms with Gasteiger partial charge in [-0.2, -0.15) is 0 Å². The van der Waals surface area contributed by atoms with Crippen LogP contribution in [-0.2, 0) is 9.53 Å². The summed E-state index contributed by atoms with van der Waals surface area (Å²) in [5.41, 5.74) is 6.61. The van der Waals surface area contributed by atoms with E-state index in [4.69, 9.17) is 15.2 Å². The molecule has 2 atom stereocenters. The molecule has 0 saturated carbocycles. The van der Waals surface area contributed by atoms with Crippen molar-refractivity contribution in [1.82, 2.24) is 9.80 Å². The maximum absolute atomic E-state index is 12.8. The van der Waals surface area contributed by atoms with Crippen molar-refractivity contribution in [3.05, 3.63) is 23.8 Å². The van der Waals surface area contributed by atoms with Gasteiger partial charge in [-0.15, -0.1) is 0 Å². The highest BCUT2D eigenvalue weighted by Crippen LogP contribution is 2.28. The van der Waals surface area contributed by atoms with E-state index in [1.54, 1.807) is 18.2 Å². The molecule has 0 spiro atoms. The topological polar surface area (TPSA) is 97.1 Å². The Hall–Kier alpha value is -2.16. The molecular weight excluding hydrogens is 348 g/mol. The zero-order chi connectivity index (χ0) is 19.4. The number of nitrogens with one attached hydrogen (secondary N) is 1. The van der Waals surface area contributed by atoms with E-state index in [2.05, 4.69) is 10.2 Å². The second-order valence-electron chi connectivity index (χ2n) is 7.06. The summed E-state index contributed by atoms with van der Waals surface area (Å²) in [7, 11) is 3.58. The molecule has 3 rings (SSSR count). The standard InChI is InChI=1S/C19H28N4O4/c1-22-7-9-23(10-8-22)19(25)13-3-5-16(26-2)15(11-13)21-18(24)17-6-4-14(12-20)27-17/h3,5,11,14,17H,4,6-10,12,20H2,1-2H3,(H,21,24)/t14-,17+/m1/s1. The second kappa shape index (κ2) is 8.69. The molecule has 2 fully saturated rings. The lowest BCUT2D eigenvalue weighted by Gasteiger charge is -2.32. The van der Waals surface area contributed by atoms with Gasteiger partial charge in [0.05, 0.1) is 18.9 Å². The van der Waals surface area contributed by atoms with Crippen molar-refractivity contribution in [2.45, 2.75) is 25.0 Å². The summed E-state index contributed by atoms with van der Waals surface area (Å²) in [6.07, 6.45) is 0.803. The molecule has 2 heterocycles. The number of likely N-dealkylation sites (N-methyl/N-ethyl adjacent to an activating group) is 1. The minimum atomic E-state index is -0.528. The molecule has 1 aromatic rings. The number of rotatable bonds is 5. The fraction of sp³-hybridized carbons (Fsp3) is 0.579. The Morgan fingerprint density at radius 1 is 1.26 bits per heavy atom. The summed E-state index contributed by atoms with van der Waals surface area (Å²) in [6, 6.07) is 5.11. The lowest BCUT2D eigenvalue weighted by molar-refractivity contribution is -0.126. The Morgan fingerprint density at radius 2 is 2.00 bits per heavy atom. The van der Waals surface area contributed by atoms with Gasteiger partial charge in [0, 0.05) is 38.3 Å². The van der Waals surface area contributed by atoms with E-state index in [9.17, 15) is 9.59 Å². The van der Waals surface area contributed by atoms with Crippen molar-refractivity contribution in [3.63, 3.8) is 0 Å². The number of hydrogen-bond donors (Lipinski definition) is 2. The Bertz CT molecular complexity index is 688. The van der Waals surface area contributed by atoms with E-state index in [0.717, 1.165) is 19.5 Å². The van der Waals surface area contributed by atoms with Crippen LogP contribution in [0.15, 0.2) is 18.2 Å². The van der Waals surface area contributed by atoms with Gasteiger partial charge in [-0.1, -0.05) is 0 Å². The van der Waals surface area contributed by atoms with Crippen molar-refractivity contribution in [2.75, 3.05) is 52.2 Å². The van der Waals surface area contributed by atoms with Crippen LogP contribution in [0.5, 0.6) is 5.75 Å². The second-order valence-corrected chi connectivity index (χ2v) is 7.06. The van der Waals surface area contributed by atoms with Crippen molar-refractivity contribution in [2.24, 2.45) is 5.73 Å². The minimum Gasteiger partial charge on any atom is -0.495 e. The summed E-state index contributed by atoms with van der Waals surface area (Å²) in [5, 5.41) is 2.84. The summed E-state index contributed by atoms with van der Waals surface area (Å²) in [4.78, 5) is 29.4. The Morgan fingerprint density at radius 3 is 2.63 bits per heavy atom. The fourth-order valence-corrected chi connectivity index (χ4v) is 3.42.